The molecule has 7 heteroatoms. The van der Waals surface area contributed by atoms with E-state index >= 15 is 0 Å². The number of nitrogens with one attached hydrogen (secondary N) is 3. The molecule has 0 aliphatic heterocycles. The molecule has 1 fully saturated rings. The van der Waals surface area contributed by atoms with E-state index in [1.165, 1.54) is 6.07 Å². The van der Waals surface area contributed by atoms with E-state index in [2.05, 4.69) is 36.9 Å². The molecule has 0 heterocycles. The van der Waals surface area contributed by atoms with Gasteiger partial charge >= 0.3 is 0 Å². The van der Waals surface area contributed by atoms with Crippen molar-refractivity contribution >= 4 is 27.8 Å². The van der Waals surface area contributed by atoms with E-state index in [9.17, 15) is 9.18 Å². The third kappa shape index (κ3) is 6.47. The first-order valence-corrected chi connectivity index (χ1v) is 9.13. The molecule has 1 aromatic carbocycles. The number of aliphatic imine (C=N–C) groups is 1. The van der Waals surface area contributed by atoms with Crippen molar-refractivity contribution in [3.05, 3.63) is 34.1 Å². The second kappa shape index (κ2) is 9.61. The van der Waals surface area contributed by atoms with Gasteiger partial charge < -0.3 is 16.0 Å². The predicted molar refractivity (Wildman–Crippen MR) is 97.5 cm³/mol. The molecule has 0 bridgehead atoms. The SMILES string of the molecule is CCNC(=NCCc1cc(Br)ccc1F)NCCNC(=O)C1CC1. The summed E-state index contributed by atoms with van der Waals surface area (Å²) in [4.78, 5) is 16.0. The lowest BCUT2D eigenvalue weighted by molar-refractivity contribution is -0.122. The molecule has 0 radical (unpaired) electrons. The molecule has 3 N–H and O–H groups in total. The van der Waals surface area contributed by atoms with Crippen molar-refractivity contribution in [2.24, 2.45) is 10.9 Å². The summed E-state index contributed by atoms with van der Waals surface area (Å²) in [5.41, 5.74) is 0.640. The summed E-state index contributed by atoms with van der Waals surface area (Å²) < 4.78 is 14.6. The molecule has 0 saturated heterocycles. The van der Waals surface area contributed by atoms with E-state index in [-0.39, 0.29) is 17.6 Å². The minimum absolute atomic E-state index is 0.142. The van der Waals surface area contributed by atoms with Crippen LogP contribution in [0.25, 0.3) is 0 Å². The standard InChI is InChI=1S/C17H24BrFN4O/c1-2-20-17(23-10-9-21-16(24)12-3-4-12)22-8-7-13-11-14(18)5-6-15(13)19/h5-6,11-12H,2-4,7-10H2,1H3,(H,21,24)(H2,20,22,23). The van der Waals surface area contributed by atoms with Crippen LogP contribution in [0.1, 0.15) is 25.3 Å². The van der Waals surface area contributed by atoms with E-state index in [0.717, 1.165) is 23.9 Å². The van der Waals surface area contributed by atoms with Gasteiger partial charge in [0.1, 0.15) is 5.82 Å². The highest BCUT2D eigenvalue weighted by atomic mass is 79.9. The molecular weight excluding hydrogens is 375 g/mol. The molecule has 1 amide bonds. The normalized spacial score (nSPS) is 14.4. The van der Waals surface area contributed by atoms with Crippen LogP contribution in [0.3, 0.4) is 0 Å². The van der Waals surface area contributed by atoms with Gasteiger partial charge in [-0.25, -0.2) is 4.39 Å². The van der Waals surface area contributed by atoms with E-state index in [1.54, 1.807) is 12.1 Å². The van der Waals surface area contributed by atoms with Crippen LogP contribution in [0.15, 0.2) is 27.7 Å². The number of nitrogens with zero attached hydrogens (tertiary/aromatic N) is 1. The molecular formula is C17H24BrFN4O. The fourth-order valence-corrected chi connectivity index (χ4v) is 2.63. The smallest absolute Gasteiger partial charge is 0.223 e. The van der Waals surface area contributed by atoms with E-state index in [1.807, 2.05) is 6.92 Å². The first-order valence-electron chi connectivity index (χ1n) is 8.34. The van der Waals surface area contributed by atoms with Crippen LogP contribution < -0.4 is 16.0 Å². The van der Waals surface area contributed by atoms with Gasteiger partial charge in [0.05, 0.1) is 0 Å². The number of carbonyl (C=O) groups is 1. The van der Waals surface area contributed by atoms with Crippen molar-refractivity contribution in [2.75, 3.05) is 26.2 Å². The minimum atomic E-state index is -0.214. The van der Waals surface area contributed by atoms with Crippen LogP contribution in [0, 0.1) is 11.7 Å². The zero-order valence-corrected chi connectivity index (χ0v) is 15.5. The van der Waals surface area contributed by atoms with Gasteiger partial charge in [-0.2, -0.15) is 0 Å². The third-order valence-corrected chi connectivity index (χ3v) is 4.16. The number of carbonyl (C=O) groups excluding carboxylic acids is 1. The van der Waals surface area contributed by atoms with Crippen LogP contribution in [0.2, 0.25) is 0 Å². The van der Waals surface area contributed by atoms with Crippen molar-refractivity contribution in [1.82, 2.24) is 16.0 Å². The van der Waals surface area contributed by atoms with Gasteiger partial charge in [-0.1, -0.05) is 15.9 Å². The summed E-state index contributed by atoms with van der Waals surface area (Å²) in [6, 6.07) is 4.91. The number of halogens is 2. The topological polar surface area (TPSA) is 65.5 Å². The fourth-order valence-electron chi connectivity index (χ4n) is 2.22. The summed E-state index contributed by atoms with van der Waals surface area (Å²) in [7, 11) is 0. The molecule has 1 aromatic rings. The highest BCUT2D eigenvalue weighted by Crippen LogP contribution is 2.28. The molecule has 0 aromatic heterocycles. The molecule has 132 valence electrons. The maximum Gasteiger partial charge on any atom is 0.223 e. The van der Waals surface area contributed by atoms with Crippen LogP contribution in [-0.4, -0.2) is 38.0 Å². The molecule has 0 atom stereocenters. The summed E-state index contributed by atoms with van der Waals surface area (Å²) in [5, 5.41) is 9.21. The number of benzene rings is 1. The van der Waals surface area contributed by atoms with Gasteiger partial charge in [0.15, 0.2) is 5.96 Å². The molecule has 1 saturated carbocycles. The molecule has 24 heavy (non-hydrogen) atoms. The van der Waals surface area contributed by atoms with Crippen molar-refractivity contribution in [1.29, 1.82) is 0 Å². The van der Waals surface area contributed by atoms with Gasteiger partial charge in [-0.15, -0.1) is 0 Å². The fraction of sp³-hybridized carbons (Fsp3) is 0.529. The van der Waals surface area contributed by atoms with Gasteiger partial charge in [0.2, 0.25) is 5.91 Å². The van der Waals surface area contributed by atoms with Crippen LogP contribution in [0.4, 0.5) is 4.39 Å². The minimum Gasteiger partial charge on any atom is -0.357 e. The number of hydrogen-bond donors (Lipinski definition) is 3. The van der Waals surface area contributed by atoms with Crippen LogP contribution >= 0.6 is 15.9 Å². The molecule has 0 unspecified atom stereocenters. The average Bonchev–Trinajstić information content (AvgIpc) is 3.39. The zero-order valence-electron chi connectivity index (χ0n) is 13.9. The van der Waals surface area contributed by atoms with E-state index in [4.69, 9.17) is 0 Å². The number of rotatable bonds is 8. The van der Waals surface area contributed by atoms with Crippen molar-refractivity contribution in [2.45, 2.75) is 26.2 Å². The highest BCUT2D eigenvalue weighted by molar-refractivity contribution is 9.10. The Bertz CT molecular complexity index is 590. The Morgan fingerprint density at radius 2 is 2.04 bits per heavy atom. The molecule has 1 aliphatic rings. The molecule has 0 spiro atoms. The second-order valence-corrected chi connectivity index (χ2v) is 6.65. The van der Waals surface area contributed by atoms with Gasteiger partial charge in [0, 0.05) is 36.6 Å². The Morgan fingerprint density at radius 1 is 1.29 bits per heavy atom. The Morgan fingerprint density at radius 3 is 2.75 bits per heavy atom. The van der Waals surface area contributed by atoms with Crippen molar-refractivity contribution in [3.63, 3.8) is 0 Å². The lowest BCUT2D eigenvalue weighted by Gasteiger charge is -2.12. The Labute approximate surface area is 150 Å². The predicted octanol–water partition coefficient (Wildman–Crippen LogP) is 2.21. The summed E-state index contributed by atoms with van der Waals surface area (Å²) in [6.45, 7) is 4.39. The summed E-state index contributed by atoms with van der Waals surface area (Å²) in [6.07, 6.45) is 2.55. The summed E-state index contributed by atoms with van der Waals surface area (Å²) >= 11 is 3.35. The van der Waals surface area contributed by atoms with Gasteiger partial charge in [0.25, 0.3) is 0 Å². The first kappa shape index (κ1) is 18.7. The number of amides is 1. The largest absolute Gasteiger partial charge is 0.357 e. The molecule has 5 nitrogen and oxygen atoms in total. The second-order valence-electron chi connectivity index (χ2n) is 5.74. The monoisotopic (exact) mass is 398 g/mol. The van der Waals surface area contributed by atoms with Crippen LogP contribution in [-0.2, 0) is 11.2 Å². The van der Waals surface area contributed by atoms with Crippen molar-refractivity contribution in [3.8, 4) is 0 Å². The Balaban J connectivity index is 1.74. The number of guanidine groups is 1. The Hall–Kier alpha value is -1.63. The first-order chi connectivity index (χ1) is 11.6. The lowest BCUT2D eigenvalue weighted by atomic mass is 10.1. The molecule has 2 rings (SSSR count). The quantitative estimate of drug-likeness (QED) is 0.357. The highest BCUT2D eigenvalue weighted by Gasteiger charge is 2.28. The maximum absolute atomic E-state index is 13.7. The Kier molecular flexibility index (Phi) is 7.49. The number of hydrogen-bond acceptors (Lipinski definition) is 2. The van der Waals surface area contributed by atoms with E-state index in [0.29, 0.717) is 37.6 Å². The summed E-state index contributed by atoms with van der Waals surface area (Å²) in [5.74, 6) is 0.832. The van der Waals surface area contributed by atoms with Gasteiger partial charge in [-0.05, 0) is 49.9 Å². The van der Waals surface area contributed by atoms with Crippen molar-refractivity contribution < 1.29 is 9.18 Å². The van der Waals surface area contributed by atoms with E-state index < -0.39 is 0 Å². The zero-order chi connectivity index (χ0) is 17.4. The average molecular weight is 399 g/mol. The van der Waals surface area contributed by atoms with Gasteiger partial charge in [-0.3, -0.25) is 9.79 Å². The third-order valence-electron chi connectivity index (χ3n) is 3.67. The molecule has 1 aliphatic carbocycles. The maximum atomic E-state index is 13.7. The lowest BCUT2D eigenvalue weighted by Crippen LogP contribution is -2.41. The van der Waals surface area contributed by atoms with Crippen LogP contribution in [0.5, 0.6) is 0 Å².